The first kappa shape index (κ1) is 17.5. The van der Waals surface area contributed by atoms with Crippen LogP contribution in [0.15, 0.2) is 18.2 Å². The van der Waals surface area contributed by atoms with E-state index in [1.54, 1.807) is 0 Å². The van der Waals surface area contributed by atoms with Crippen molar-refractivity contribution in [2.45, 2.75) is 31.3 Å². The monoisotopic (exact) mass is 338 g/mol. The van der Waals surface area contributed by atoms with Crippen LogP contribution >= 0.6 is 0 Å². The zero-order valence-electron chi connectivity index (χ0n) is 13.7. The number of carbonyl (C=O) groups is 1. The lowest BCUT2D eigenvalue weighted by Crippen LogP contribution is -2.54. The van der Waals surface area contributed by atoms with Gasteiger partial charge < -0.3 is 15.3 Å². The molecule has 1 aromatic carbocycles. The lowest BCUT2D eigenvalue weighted by Gasteiger charge is -2.40. The Morgan fingerprint density at radius 2 is 2.04 bits per heavy atom. The molecule has 4 nitrogen and oxygen atoms in total. The molecule has 2 aliphatic rings. The summed E-state index contributed by atoms with van der Waals surface area (Å²) in [7, 11) is 0. The van der Waals surface area contributed by atoms with Crippen LogP contribution in [0.5, 0.6) is 0 Å². The maximum atomic E-state index is 13.3. The summed E-state index contributed by atoms with van der Waals surface area (Å²) in [4.78, 5) is 14.7. The maximum Gasteiger partial charge on any atom is 0.166 e. The summed E-state index contributed by atoms with van der Waals surface area (Å²) in [5.41, 5.74) is -0.447. The SMILES string of the molecule is O=C(c1ccc(F)c(F)c1)C1CCN(C[C@]2(O)CCCNC2)CC1. The number of aliphatic hydroxyl groups is 1. The Bertz CT molecular complexity index is 595. The highest BCUT2D eigenvalue weighted by molar-refractivity contribution is 5.97. The van der Waals surface area contributed by atoms with Crippen molar-refractivity contribution in [3.63, 3.8) is 0 Å². The number of ketones is 1. The number of hydrogen-bond acceptors (Lipinski definition) is 4. The fraction of sp³-hybridized carbons (Fsp3) is 0.611. The van der Waals surface area contributed by atoms with Crippen molar-refractivity contribution in [1.29, 1.82) is 0 Å². The second kappa shape index (κ2) is 7.25. The molecule has 0 bridgehead atoms. The average Bonchev–Trinajstić information content (AvgIpc) is 2.58. The third kappa shape index (κ3) is 3.99. The van der Waals surface area contributed by atoms with Crippen molar-refractivity contribution in [3.8, 4) is 0 Å². The van der Waals surface area contributed by atoms with E-state index >= 15 is 0 Å². The van der Waals surface area contributed by atoms with Gasteiger partial charge in [-0.2, -0.15) is 0 Å². The number of nitrogens with one attached hydrogen (secondary N) is 1. The van der Waals surface area contributed by atoms with E-state index in [2.05, 4.69) is 10.2 Å². The highest BCUT2D eigenvalue weighted by Crippen LogP contribution is 2.25. The lowest BCUT2D eigenvalue weighted by atomic mass is 9.87. The number of hydrogen-bond donors (Lipinski definition) is 2. The van der Waals surface area contributed by atoms with Gasteiger partial charge in [0.1, 0.15) is 0 Å². The summed E-state index contributed by atoms with van der Waals surface area (Å²) < 4.78 is 26.3. The van der Waals surface area contributed by atoms with E-state index in [1.807, 2.05) is 0 Å². The largest absolute Gasteiger partial charge is 0.387 e. The summed E-state index contributed by atoms with van der Waals surface area (Å²) in [6.07, 6.45) is 3.14. The van der Waals surface area contributed by atoms with E-state index in [0.29, 0.717) is 25.9 Å². The molecule has 0 spiro atoms. The number of likely N-dealkylation sites (tertiary alicyclic amines) is 1. The second-order valence-electron chi connectivity index (χ2n) is 7.05. The number of carbonyl (C=O) groups excluding carboxylic acids is 1. The molecule has 132 valence electrons. The molecule has 2 N–H and O–H groups in total. The molecule has 0 saturated carbocycles. The van der Waals surface area contributed by atoms with Crippen molar-refractivity contribution in [2.75, 3.05) is 32.7 Å². The minimum absolute atomic E-state index is 0.119. The van der Waals surface area contributed by atoms with Crippen LogP contribution in [0.1, 0.15) is 36.0 Å². The summed E-state index contributed by atoms with van der Waals surface area (Å²) in [6, 6.07) is 3.34. The molecule has 3 rings (SSSR count). The molecule has 0 aromatic heterocycles. The van der Waals surface area contributed by atoms with Gasteiger partial charge in [0.25, 0.3) is 0 Å². The van der Waals surface area contributed by atoms with Crippen molar-refractivity contribution in [1.82, 2.24) is 10.2 Å². The Morgan fingerprint density at radius 1 is 1.29 bits per heavy atom. The zero-order chi connectivity index (χ0) is 17.2. The van der Waals surface area contributed by atoms with E-state index in [-0.39, 0.29) is 17.3 Å². The molecular weight excluding hydrogens is 314 g/mol. The molecule has 1 aromatic rings. The van der Waals surface area contributed by atoms with Gasteiger partial charge in [-0.25, -0.2) is 8.78 Å². The molecule has 24 heavy (non-hydrogen) atoms. The normalized spacial score (nSPS) is 26.5. The molecule has 2 fully saturated rings. The van der Waals surface area contributed by atoms with Crippen molar-refractivity contribution in [3.05, 3.63) is 35.4 Å². The predicted molar refractivity (Wildman–Crippen MR) is 86.9 cm³/mol. The van der Waals surface area contributed by atoms with E-state index in [0.717, 1.165) is 44.6 Å². The van der Waals surface area contributed by atoms with E-state index in [4.69, 9.17) is 0 Å². The fourth-order valence-electron chi connectivity index (χ4n) is 3.74. The Kier molecular flexibility index (Phi) is 5.27. The van der Waals surface area contributed by atoms with Crippen molar-refractivity contribution >= 4 is 5.78 Å². The molecule has 2 aliphatic heterocycles. The number of rotatable bonds is 4. The topological polar surface area (TPSA) is 52.6 Å². The molecule has 0 aliphatic carbocycles. The van der Waals surface area contributed by atoms with Crippen LogP contribution in [-0.2, 0) is 0 Å². The van der Waals surface area contributed by atoms with Crippen LogP contribution in [0.2, 0.25) is 0 Å². The van der Waals surface area contributed by atoms with Gasteiger partial charge in [-0.15, -0.1) is 0 Å². The minimum atomic E-state index is -0.981. The van der Waals surface area contributed by atoms with Crippen molar-refractivity contribution < 1.29 is 18.7 Å². The van der Waals surface area contributed by atoms with E-state index < -0.39 is 17.2 Å². The van der Waals surface area contributed by atoms with Gasteiger partial charge in [0.15, 0.2) is 17.4 Å². The lowest BCUT2D eigenvalue weighted by molar-refractivity contribution is -0.0216. The first-order valence-electron chi connectivity index (χ1n) is 8.62. The van der Waals surface area contributed by atoms with Gasteiger partial charge in [0, 0.05) is 24.6 Å². The highest BCUT2D eigenvalue weighted by Gasteiger charge is 2.34. The Hall–Kier alpha value is -1.37. The maximum absolute atomic E-state index is 13.3. The zero-order valence-corrected chi connectivity index (χ0v) is 13.7. The van der Waals surface area contributed by atoms with Gasteiger partial charge >= 0.3 is 0 Å². The van der Waals surface area contributed by atoms with Crippen molar-refractivity contribution in [2.24, 2.45) is 5.92 Å². The summed E-state index contributed by atoms with van der Waals surface area (Å²) in [5.74, 6) is -2.20. The number of halogens is 2. The summed E-state index contributed by atoms with van der Waals surface area (Å²) in [6.45, 7) is 3.66. The number of Topliss-reactive ketones (excluding diaryl/α,β-unsaturated/α-hetero) is 1. The van der Waals surface area contributed by atoms with Crippen LogP contribution in [0.3, 0.4) is 0 Å². The van der Waals surface area contributed by atoms with E-state index in [1.165, 1.54) is 6.07 Å². The predicted octanol–water partition coefficient (Wildman–Crippen LogP) is 1.97. The van der Waals surface area contributed by atoms with E-state index in [9.17, 15) is 18.7 Å². The fourth-order valence-corrected chi connectivity index (χ4v) is 3.74. The smallest absolute Gasteiger partial charge is 0.166 e. The van der Waals surface area contributed by atoms with Crippen LogP contribution in [0, 0.1) is 17.6 Å². The molecule has 0 unspecified atom stereocenters. The third-order valence-corrected chi connectivity index (χ3v) is 5.13. The standard InChI is InChI=1S/C18H24F2N2O2/c19-15-3-2-14(10-16(15)20)17(23)13-4-8-22(9-5-13)12-18(24)6-1-7-21-11-18/h2-3,10,13,21,24H,1,4-9,11-12H2/t18-/m0/s1. The van der Waals surface area contributed by atoms with Crippen LogP contribution < -0.4 is 5.32 Å². The molecule has 2 saturated heterocycles. The van der Waals surface area contributed by atoms with Crippen LogP contribution in [-0.4, -0.2) is 54.1 Å². The number of benzene rings is 1. The summed E-state index contributed by atoms with van der Waals surface area (Å²) >= 11 is 0. The van der Waals surface area contributed by atoms with Gasteiger partial charge in [-0.05, 0) is 63.5 Å². The van der Waals surface area contributed by atoms with Gasteiger partial charge in [-0.1, -0.05) is 0 Å². The Morgan fingerprint density at radius 3 is 2.67 bits per heavy atom. The molecule has 0 amide bonds. The quantitative estimate of drug-likeness (QED) is 0.825. The minimum Gasteiger partial charge on any atom is -0.387 e. The van der Waals surface area contributed by atoms with Crippen LogP contribution in [0.4, 0.5) is 8.78 Å². The summed E-state index contributed by atoms with van der Waals surface area (Å²) in [5, 5.41) is 13.8. The third-order valence-electron chi connectivity index (χ3n) is 5.13. The van der Waals surface area contributed by atoms with Gasteiger partial charge in [0.2, 0.25) is 0 Å². The molecule has 6 heteroatoms. The molecule has 1 atom stereocenters. The molecular formula is C18H24F2N2O2. The average molecular weight is 338 g/mol. The first-order valence-corrected chi connectivity index (χ1v) is 8.62. The molecule has 2 heterocycles. The number of piperidine rings is 2. The highest BCUT2D eigenvalue weighted by atomic mass is 19.2. The van der Waals surface area contributed by atoms with Gasteiger partial charge in [-0.3, -0.25) is 4.79 Å². The Labute approximate surface area is 140 Å². The van der Waals surface area contributed by atoms with Gasteiger partial charge in [0.05, 0.1) is 5.60 Å². The number of β-amino-alcohol motifs (C(OH)–C–C–N with tert-alkyl or cyclic N) is 1. The second-order valence-corrected chi connectivity index (χ2v) is 7.05. The number of nitrogens with zero attached hydrogens (tertiary/aromatic N) is 1. The molecule has 0 radical (unpaired) electrons. The Balaban J connectivity index is 1.54. The van der Waals surface area contributed by atoms with Crippen LogP contribution in [0.25, 0.3) is 0 Å². The first-order chi connectivity index (χ1) is 11.5.